The van der Waals surface area contributed by atoms with Crippen LogP contribution < -0.4 is 27.0 Å². The van der Waals surface area contributed by atoms with E-state index in [1.54, 1.807) is 0 Å². The van der Waals surface area contributed by atoms with Crippen molar-refractivity contribution in [2.45, 2.75) is 57.4 Å². The van der Waals surface area contributed by atoms with E-state index in [4.69, 9.17) is 10.5 Å². The van der Waals surface area contributed by atoms with Gasteiger partial charge < -0.3 is 31.7 Å². The minimum atomic E-state index is -0.669. The first-order valence-corrected chi connectivity index (χ1v) is 13.5. The number of primary amides is 1. The number of nitrogens with two attached hydrogens (primary N) is 1. The number of nitrogens with zero attached hydrogens (tertiary/aromatic N) is 1. The van der Waals surface area contributed by atoms with Gasteiger partial charge in [0, 0.05) is 38.3 Å². The van der Waals surface area contributed by atoms with Gasteiger partial charge in [-0.3, -0.25) is 38.5 Å². The van der Waals surface area contributed by atoms with Crippen molar-refractivity contribution < 1.29 is 38.3 Å². The van der Waals surface area contributed by atoms with Gasteiger partial charge in [-0.15, -0.1) is 0 Å². The van der Waals surface area contributed by atoms with Crippen molar-refractivity contribution in [3.8, 4) is 0 Å². The summed E-state index contributed by atoms with van der Waals surface area (Å²) in [6, 6.07) is 8.63. The van der Waals surface area contributed by atoms with Gasteiger partial charge in [-0.25, -0.2) is 0 Å². The Bertz CT molecular complexity index is 1060. The SMILES string of the molecule is NC(=O)COCNC(=O)CC(Cc1ccccc1)NC(=O)CNC(=O)CNC(=O)CCCCCN1C(=O)CCC1=O. The summed E-state index contributed by atoms with van der Waals surface area (Å²) in [4.78, 5) is 84.0. The first kappa shape index (κ1) is 32.9. The largest absolute Gasteiger partial charge is 0.368 e. The van der Waals surface area contributed by atoms with Gasteiger partial charge in [-0.1, -0.05) is 36.8 Å². The van der Waals surface area contributed by atoms with Crippen LogP contribution in [-0.2, 0) is 44.7 Å². The number of ether oxygens (including phenoxy) is 1. The van der Waals surface area contributed by atoms with E-state index in [1.165, 1.54) is 4.90 Å². The lowest BCUT2D eigenvalue weighted by Crippen LogP contribution is -2.46. The lowest BCUT2D eigenvalue weighted by molar-refractivity contribution is -0.138. The number of carbonyl (C=O) groups is 7. The van der Waals surface area contributed by atoms with Crippen molar-refractivity contribution in [2.24, 2.45) is 5.73 Å². The Labute approximate surface area is 238 Å². The molecule has 1 unspecified atom stereocenters. The Morgan fingerprint density at radius 2 is 1.49 bits per heavy atom. The molecule has 6 N–H and O–H groups in total. The van der Waals surface area contributed by atoms with E-state index in [-0.39, 0.29) is 69.8 Å². The molecule has 0 bridgehead atoms. The van der Waals surface area contributed by atoms with Crippen molar-refractivity contribution in [1.82, 2.24) is 26.2 Å². The zero-order chi connectivity index (χ0) is 30.0. The topological polar surface area (TPSA) is 206 Å². The van der Waals surface area contributed by atoms with Gasteiger partial charge in [0.15, 0.2) is 0 Å². The molecule has 7 amide bonds. The zero-order valence-corrected chi connectivity index (χ0v) is 22.9. The van der Waals surface area contributed by atoms with Crippen LogP contribution >= 0.6 is 0 Å². The van der Waals surface area contributed by atoms with E-state index >= 15 is 0 Å². The van der Waals surface area contributed by atoms with Gasteiger partial charge in [0.05, 0.1) is 13.1 Å². The summed E-state index contributed by atoms with van der Waals surface area (Å²) < 4.78 is 4.91. The Morgan fingerprint density at radius 3 is 2.17 bits per heavy atom. The number of rotatable bonds is 19. The summed E-state index contributed by atoms with van der Waals surface area (Å²) in [6.07, 6.45) is 2.79. The molecule has 41 heavy (non-hydrogen) atoms. The zero-order valence-electron chi connectivity index (χ0n) is 22.9. The summed E-state index contributed by atoms with van der Waals surface area (Å²) in [5.41, 5.74) is 5.86. The number of nitrogens with one attached hydrogen (secondary N) is 4. The third kappa shape index (κ3) is 14.0. The van der Waals surface area contributed by atoms with E-state index < -0.39 is 29.7 Å². The highest BCUT2D eigenvalue weighted by Crippen LogP contribution is 2.13. The van der Waals surface area contributed by atoms with Crippen LogP contribution in [0.25, 0.3) is 0 Å². The molecule has 0 saturated carbocycles. The van der Waals surface area contributed by atoms with Crippen molar-refractivity contribution >= 4 is 41.4 Å². The number of imide groups is 1. The predicted molar refractivity (Wildman–Crippen MR) is 145 cm³/mol. The third-order valence-electron chi connectivity index (χ3n) is 6.07. The minimum Gasteiger partial charge on any atom is -0.368 e. The first-order valence-electron chi connectivity index (χ1n) is 13.5. The Hall–Kier alpha value is -4.33. The van der Waals surface area contributed by atoms with Gasteiger partial charge in [-0.05, 0) is 24.8 Å². The van der Waals surface area contributed by atoms with E-state index in [1.807, 2.05) is 30.3 Å². The maximum Gasteiger partial charge on any atom is 0.243 e. The molecule has 1 atom stereocenters. The lowest BCUT2D eigenvalue weighted by atomic mass is 10.0. The highest BCUT2D eigenvalue weighted by molar-refractivity contribution is 6.01. The number of benzene rings is 1. The summed E-state index contributed by atoms with van der Waals surface area (Å²) in [7, 11) is 0. The van der Waals surface area contributed by atoms with Crippen LogP contribution in [0.3, 0.4) is 0 Å². The Kier molecular flexibility index (Phi) is 14.5. The van der Waals surface area contributed by atoms with Gasteiger partial charge in [-0.2, -0.15) is 0 Å². The second-order valence-electron chi connectivity index (χ2n) is 9.52. The molecule has 1 fully saturated rings. The molecule has 1 aromatic rings. The van der Waals surface area contributed by atoms with Crippen molar-refractivity contribution in [3.63, 3.8) is 0 Å². The van der Waals surface area contributed by atoms with Gasteiger partial charge in [0.25, 0.3) is 0 Å². The second kappa shape index (κ2) is 18.1. The fourth-order valence-electron chi connectivity index (χ4n) is 4.04. The first-order chi connectivity index (χ1) is 19.6. The number of hydrogen-bond acceptors (Lipinski definition) is 8. The normalized spacial score (nSPS) is 13.4. The minimum absolute atomic E-state index is 0.0742. The Morgan fingerprint density at radius 1 is 0.829 bits per heavy atom. The summed E-state index contributed by atoms with van der Waals surface area (Å²) >= 11 is 0. The third-order valence-corrected chi connectivity index (χ3v) is 6.07. The maximum atomic E-state index is 12.5. The molecule has 14 heteroatoms. The van der Waals surface area contributed by atoms with E-state index in [9.17, 15) is 33.6 Å². The van der Waals surface area contributed by atoms with Gasteiger partial charge >= 0.3 is 0 Å². The predicted octanol–water partition coefficient (Wildman–Crippen LogP) is -1.38. The number of carbonyl (C=O) groups excluding carboxylic acids is 7. The quantitative estimate of drug-likeness (QED) is 0.0754. The molecule has 1 aliphatic heterocycles. The summed E-state index contributed by atoms with van der Waals surface area (Å²) in [5.74, 6) is -2.80. The summed E-state index contributed by atoms with van der Waals surface area (Å²) in [5, 5.41) is 10.1. The second-order valence-corrected chi connectivity index (χ2v) is 9.52. The Balaban J connectivity index is 1.66. The van der Waals surface area contributed by atoms with E-state index in [0.717, 1.165) is 5.56 Å². The molecule has 1 saturated heterocycles. The highest BCUT2D eigenvalue weighted by Gasteiger charge is 2.27. The van der Waals surface area contributed by atoms with Crippen molar-refractivity contribution in [1.29, 1.82) is 0 Å². The number of amides is 7. The molecular formula is C27H38N6O8. The van der Waals surface area contributed by atoms with Crippen molar-refractivity contribution in [3.05, 3.63) is 35.9 Å². The molecule has 0 aliphatic carbocycles. The smallest absolute Gasteiger partial charge is 0.243 e. The molecule has 1 aliphatic rings. The van der Waals surface area contributed by atoms with Gasteiger partial charge in [0.1, 0.15) is 13.3 Å². The lowest BCUT2D eigenvalue weighted by Gasteiger charge is -2.19. The number of likely N-dealkylation sites (tertiary alicyclic amines) is 1. The molecule has 0 aromatic heterocycles. The number of unbranched alkanes of at least 4 members (excludes halogenated alkanes) is 2. The highest BCUT2D eigenvalue weighted by atomic mass is 16.5. The number of hydrogen-bond donors (Lipinski definition) is 5. The van der Waals surface area contributed by atoms with Crippen LogP contribution in [0.1, 0.15) is 50.5 Å². The molecule has 2 rings (SSSR count). The molecular weight excluding hydrogens is 536 g/mol. The van der Waals surface area contributed by atoms with Crippen LogP contribution in [0.5, 0.6) is 0 Å². The average molecular weight is 575 g/mol. The average Bonchev–Trinajstić information content (AvgIpc) is 3.25. The van der Waals surface area contributed by atoms with Crippen LogP contribution in [0.2, 0.25) is 0 Å². The molecule has 1 aromatic carbocycles. The van der Waals surface area contributed by atoms with Crippen LogP contribution in [0.15, 0.2) is 30.3 Å². The van der Waals surface area contributed by atoms with E-state index in [0.29, 0.717) is 32.2 Å². The standard InChI is InChI=1S/C27H38N6O8/c28-21(34)17-41-18-31-23(36)14-20(13-19-7-3-1-4-8-19)32-25(38)16-30-24(37)15-29-22(35)9-5-2-6-12-33-26(39)10-11-27(33)40/h1,3-4,7-8,20H,2,5-6,9-18H2,(H2,28,34)(H,29,35)(H,30,37)(H,31,36)(H,32,38). The molecule has 1 heterocycles. The van der Waals surface area contributed by atoms with Crippen LogP contribution in [0.4, 0.5) is 0 Å². The maximum absolute atomic E-state index is 12.5. The fraction of sp³-hybridized carbons (Fsp3) is 0.519. The van der Waals surface area contributed by atoms with E-state index in [2.05, 4.69) is 21.3 Å². The molecule has 14 nitrogen and oxygen atoms in total. The summed E-state index contributed by atoms with van der Waals surface area (Å²) in [6.45, 7) is -0.848. The van der Waals surface area contributed by atoms with Crippen LogP contribution in [0, 0.1) is 0 Å². The van der Waals surface area contributed by atoms with Gasteiger partial charge in [0.2, 0.25) is 41.4 Å². The monoisotopic (exact) mass is 574 g/mol. The van der Waals surface area contributed by atoms with Crippen LogP contribution in [-0.4, -0.2) is 85.3 Å². The fourth-order valence-corrected chi connectivity index (χ4v) is 4.04. The van der Waals surface area contributed by atoms with Crippen molar-refractivity contribution in [2.75, 3.05) is 33.0 Å². The molecule has 0 spiro atoms. The molecule has 224 valence electrons. The molecule has 0 radical (unpaired) electrons.